The summed E-state index contributed by atoms with van der Waals surface area (Å²) in [4.78, 5) is 25.2. The summed E-state index contributed by atoms with van der Waals surface area (Å²) in [6.07, 6.45) is 1.89. The molecule has 0 spiro atoms. The van der Waals surface area contributed by atoms with Crippen molar-refractivity contribution >= 4 is 22.6 Å². The van der Waals surface area contributed by atoms with E-state index in [1.165, 1.54) is 0 Å². The van der Waals surface area contributed by atoms with E-state index in [4.69, 9.17) is 10.8 Å². The SMILES string of the molecule is Cn1ccc2cc(-c3[nH]c(=O)c(C(=O)O)c(O)c3N)ccc21. The van der Waals surface area contributed by atoms with Crippen molar-refractivity contribution in [3.63, 3.8) is 0 Å². The number of nitrogens with two attached hydrogens (primary N) is 1. The van der Waals surface area contributed by atoms with E-state index in [9.17, 15) is 14.7 Å². The number of benzene rings is 1. The molecule has 0 bridgehead atoms. The maximum absolute atomic E-state index is 11.8. The first-order valence-electron chi connectivity index (χ1n) is 6.43. The molecule has 2 heterocycles. The number of nitrogens with zero attached hydrogens (tertiary/aromatic N) is 1. The third-order valence-electron chi connectivity index (χ3n) is 3.61. The third-order valence-corrected chi connectivity index (χ3v) is 3.61. The molecule has 5 N–H and O–H groups in total. The largest absolute Gasteiger partial charge is 0.505 e. The molecule has 2 aromatic heterocycles. The van der Waals surface area contributed by atoms with Gasteiger partial charge in [-0.05, 0) is 18.2 Å². The molecule has 0 aliphatic carbocycles. The fraction of sp³-hybridized carbons (Fsp3) is 0.0667. The molecule has 22 heavy (non-hydrogen) atoms. The van der Waals surface area contributed by atoms with E-state index >= 15 is 0 Å². The van der Waals surface area contributed by atoms with Gasteiger partial charge in [0.1, 0.15) is 0 Å². The average molecular weight is 299 g/mol. The first kappa shape index (κ1) is 13.7. The first-order chi connectivity index (χ1) is 10.4. The van der Waals surface area contributed by atoms with Gasteiger partial charge in [-0.3, -0.25) is 4.79 Å². The number of hydrogen-bond acceptors (Lipinski definition) is 4. The Kier molecular flexibility index (Phi) is 2.91. The highest BCUT2D eigenvalue weighted by atomic mass is 16.4. The number of carboxylic acids is 1. The van der Waals surface area contributed by atoms with E-state index in [0.717, 1.165) is 10.9 Å². The molecule has 0 unspecified atom stereocenters. The molecular formula is C15H13N3O4. The molecule has 0 aliphatic rings. The second-order valence-electron chi connectivity index (χ2n) is 4.97. The van der Waals surface area contributed by atoms with Gasteiger partial charge < -0.3 is 25.5 Å². The number of nitrogen functional groups attached to an aromatic ring is 1. The number of aromatic carboxylic acids is 1. The van der Waals surface area contributed by atoms with E-state index in [1.54, 1.807) is 12.1 Å². The third kappa shape index (κ3) is 1.91. The lowest BCUT2D eigenvalue weighted by Crippen LogP contribution is -2.19. The van der Waals surface area contributed by atoms with Crippen LogP contribution < -0.4 is 11.3 Å². The van der Waals surface area contributed by atoms with Crippen LogP contribution in [-0.2, 0) is 7.05 Å². The number of aryl methyl sites for hydroxylation is 1. The molecule has 1 aromatic carbocycles. The van der Waals surface area contributed by atoms with Gasteiger partial charge in [-0.25, -0.2) is 4.79 Å². The second kappa shape index (κ2) is 4.66. The van der Waals surface area contributed by atoms with Crippen LogP contribution in [0.2, 0.25) is 0 Å². The van der Waals surface area contributed by atoms with Gasteiger partial charge in [0, 0.05) is 29.7 Å². The van der Waals surface area contributed by atoms with Crippen molar-refractivity contribution in [3.05, 3.63) is 46.4 Å². The quantitative estimate of drug-likeness (QED) is 0.571. The summed E-state index contributed by atoms with van der Waals surface area (Å²) < 4.78 is 1.94. The number of carbonyl (C=O) groups is 1. The molecule has 0 atom stereocenters. The standard InChI is InChI=1S/C15H13N3O4/c1-18-5-4-7-6-8(2-3-9(7)18)12-11(16)13(19)10(15(21)22)14(20)17-12/h2-6H,16H2,1H3,(H,21,22)(H2,17,19,20). The van der Waals surface area contributed by atoms with Crippen molar-refractivity contribution in [2.75, 3.05) is 5.73 Å². The number of aromatic hydroxyl groups is 1. The molecule has 7 nitrogen and oxygen atoms in total. The van der Waals surface area contributed by atoms with Crippen molar-refractivity contribution in [2.24, 2.45) is 7.05 Å². The molecule has 0 amide bonds. The van der Waals surface area contributed by atoms with Crippen molar-refractivity contribution in [2.45, 2.75) is 0 Å². The van der Waals surface area contributed by atoms with Gasteiger partial charge in [0.25, 0.3) is 5.56 Å². The van der Waals surface area contributed by atoms with Crippen molar-refractivity contribution in [1.29, 1.82) is 0 Å². The van der Waals surface area contributed by atoms with E-state index in [0.29, 0.717) is 5.56 Å². The van der Waals surface area contributed by atoms with Gasteiger partial charge in [-0.1, -0.05) is 6.07 Å². The zero-order valence-corrected chi connectivity index (χ0v) is 11.6. The van der Waals surface area contributed by atoms with Crippen molar-refractivity contribution in [1.82, 2.24) is 9.55 Å². The highest BCUT2D eigenvalue weighted by Gasteiger charge is 2.21. The number of pyridine rings is 1. The van der Waals surface area contributed by atoms with E-state index in [1.807, 2.05) is 29.9 Å². The van der Waals surface area contributed by atoms with Crippen LogP contribution in [0.5, 0.6) is 5.75 Å². The summed E-state index contributed by atoms with van der Waals surface area (Å²) in [5.74, 6) is -2.25. The number of hydrogen-bond donors (Lipinski definition) is 4. The van der Waals surface area contributed by atoms with Gasteiger partial charge in [0.05, 0.1) is 11.4 Å². The normalized spacial score (nSPS) is 11.0. The van der Waals surface area contributed by atoms with Crippen LogP contribution in [0.15, 0.2) is 35.3 Å². The number of rotatable bonds is 2. The predicted molar refractivity (Wildman–Crippen MR) is 82.0 cm³/mol. The molecule has 0 radical (unpaired) electrons. The van der Waals surface area contributed by atoms with Crippen molar-refractivity contribution < 1.29 is 15.0 Å². The maximum Gasteiger partial charge on any atom is 0.345 e. The Morgan fingerprint density at radius 2 is 2.05 bits per heavy atom. The van der Waals surface area contributed by atoms with Crippen LogP contribution in [0.25, 0.3) is 22.2 Å². The second-order valence-corrected chi connectivity index (χ2v) is 4.97. The van der Waals surface area contributed by atoms with Gasteiger partial charge >= 0.3 is 5.97 Å². The summed E-state index contributed by atoms with van der Waals surface area (Å²) in [6.45, 7) is 0. The molecule has 0 saturated heterocycles. The molecule has 112 valence electrons. The highest BCUT2D eigenvalue weighted by molar-refractivity contribution is 5.95. The van der Waals surface area contributed by atoms with Crippen LogP contribution >= 0.6 is 0 Å². The van der Waals surface area contributed by atoms with Crippen LogP contribution in [0.4, 0.5) is 5.69 Å². The Morgan fingerprint density at radius 1 is 1.32 bits per heavy atom. The van der Waals surface area contributed by atoms with E-state index < -0.39 is 22.8 Å². The lowest BCUT2D eigenvalue weighted by Gasteiger charge is -2.10. The Balaban J connectivity index is 2.26. The van der Waals surface area contributed by atoms with E-state index in [-0.39, 0.29) is 11.4 Å². The fourth-order valence-electron chi connectivity index (χ4n) is 2.47. The zero-order valence-electron chi connectivity index (χ0n) is 11.6. The summed E-state index contributed by atoms with van der Waals surface area (Å²) in [6, 6.07) is 7.30. The number of carboxylic acid groups (broad SMARTS) is 1. The topological polar surface area (TPSA) is 121 Å². The summed E-state index contributed by atoms with van der Waals surface area (Å²) in [7, 11) is 1.91. The summed E-state index contributed by atoms with van der Waals surface area (Å²) >= 11 is 0. The Morgan fingerprint density at radius 3 is 2.73 bits per heavy atom. The van der Waals surface area contributed by atoms with Gasteiger partial charge in [-0.15, -0.1) is 0 Å². The van der Waals surface area contributed by atoms with Gasteiger partial charge in [0.15, 0.2) is 11.3 Å². The molecule has 0 saturated carbocycles. The summed E-state index contributed by atoms with van der Waals surface area (Å²) in [5, 5.41) is 19.7. The predicted octanol–water partition coefficient (Wildman–Crippen LogP) is 1.52. The summed E-state index contributed by atoms with van der Waals surface area (Å²) in [5.41, 5.74) is 5.72. The number of nitrogens with one attached hydrogen (secondary N) is 1. The van der Waals surface area contributed by atoms with Crippen LogP contribution in [-0.4, -0.2) is 25.7 Å². The minimum atomic E-state index is -1.53. The number of aromatic nitrogens is 2. The van der Waals surface area contributed by atoms with Gasteiger partial charge in [0.2, 0.25) is 0 Å². The monoisotopic (exact) mass is 299 g/mol. The lowest BCUT2D eigenvalue weighted by atomic mass is 10.1. The fourth-order valence-corrected chi connectivity index (χ4v) is 2.47. The number of anilines is 1. The molecule has 7 heteroatoms. The highest BCUT2D eigenvalue weighted by Crippen LogP contribution is 2.33. The number of aromatic amines is 1. The first-order valence-corrected chi connectivity index (χ1v) is 6.43. The maximum atomic E-state index is 11.8. The van der Waals surface area contributed by atoms with Crippen LogP contribution in [0.1, 0.15) is 10.4 Å². The Labute approximate surface area is 124 Å². The Bertz CT molecular complexity index is 969. The lowest BCUT2D eigenvalue weighted by molar-refractivity contribution is 0.0692. The average Bonchev–Trinajstić information content (AvgIpc) is 2.83. The van der Waals surface area contributed by atoms with Crippen molar-refractivity contribution in [3.8, 4) is 17.0 Å². The molecule has 0 fully saturated rings. The molecule has 0 aliphatic heterocycles. The minimum Gasteiger partial charge on any atom is -0.505 e. The van der Waals surface area contributed by atoms with E-state index in [2.05, 4.69) is 4.98 Å². The Hall–Kier alpha value is -3.22. The van der Waals surface area contributed by atoms with Crippen LogP contribution in [0.3, 0.4) is 0 Å². The van der Waals surface area contributed by atoms with Gasteiger partial charge in [-0.2, -0.15) is 0 Å². The zero-order chi connectivity index (χ0) is 16.0. The molecular weight excluding hydrogens is 286 g/mol. The smallest absolute Gasteiger partial charge is 0.345 e. The molecule has 3 rings (SSSR count). The molecule has 3 aromatic rings. The van der Waals surface area contributed by atoms with Crippen LogP contribution in [0, 0.1) is 0 Å². The number of fused-ring (bicyclic) bond motifs is 1. The minimum absolute atomic E-state index is 0.174. The number of H-pyrrole nitrogens is 1.